The van der Waals surface area contributed by atoms with E-state index in [4.69, 9.17) is 0 Å². The number of hydrogen-bond donors (Lipinski definition) is 1. The van der Waals surface area contributed by atoms with Crippen molar-refractivity contribution in [1.29, 1.82) is 0 Å². The van der Waals surface area contributed by atoms with E-state index >= 15 is 0 Å². The van der Waals surface area contributed by atoms with Crippen molar-refractivity contribution in [3.05, 3.63) is 35.9 Å². The highest BCUT2D eigenvalue weighted by Gasteiger charge is 2.16. The summed E-state index contributed by atoms with van der Waals surface area (Å²) < 4.78 is 0. The van der Waals surface area contributed by atoms with Gasteiger partial charge in [0, 0.05) is 6.54 Å². The molecule has 0 heterocycles. The third-order valence-electron chi connectivity index (χ3n) is 3.02. The molecule has 0 unspecified atom stereocenters. The Balaban J connectivity index is 2.24. The highest BCUT2D eigenvalue weighted by atomic mass is 14.9. The first-order valence-electron chi connectivity index (χ1n) is 6.39. The summed E-state index contributed by atoms with van der Waals surface area (Å²) >= 11 is 0. The van der Waals surface area contributed by atoms with Gasteiger partial charge in [0.2, 0.25) is 0 Å². The van der Waals surface area contributed by atoms with Crippen LogP contribution in [-0.2, 0) is 6.42 Å². The lowest BCUT2D eigenvalue weighted by atomic mass is 9.86. The maximum Gasteiger partial charge on any atom is 0.000240 e. The molecule has 0 aliphatic rings. The van der Waals surface area contributed by atoms with Crippen LogP contribution in [-0.4, -0.2) is 13.1 Å². The molecule has 0 atom stereocenters. The molecule has 0 saturated heterocycles. The monoisotopic (exact) mass is 219 g/mol. The van der Waals surface area contributed by atoms with Gasteiger partial charge in [-0.1, -0.05) is 51.1 Å². The zero-order valence-corrected chi connectivity index (χ0v) is 10.9. The van der Waals surface area contributed by atoms with Crippen molar-refractivity contribution in [3.63, 3.8) is 0 Å². The summed E-state index contributed by atoms with van der Waals surface area (Å²) in [7, 11) is 0. The summed E-state index contributed by atoms with van der Waals surface area (Å²) in [6.45, 7) is 9.06. The van der Waals surface area contributed by atoms with E-state index in [2.05, 4.69) is 56.4 Å². The van der Waals surface area contributed by atoms with Crippen LogP contribution in [0.15, 0.2) is 30.3 Å². The molecule has 0 radical (unpaired) electrons. The van der Waals surface area contributed by atoms with E-state index in [9.17, 15) is 0 Å². The van der Waals surface area contributed by atoms with Gasteiger partial charge in [0.05, 0.1) is 0 Å². The van der Waals surface area contributed by atoms with Crippen LogP contribution in [0.4, 0.5) is 0 Å². The van der Waals surface area contributed by atoms with E-state index in [1.807, 2.05) is 0 Å². The molecule has 0 saturated carbocycles. The average molecular weight is 219 g/mol. The summed E-state index contributed by atoms with van der Waals surface area (Å²) in [6.07, 6.45) is 3.77. The minimum absolute atomic E-state index is 0.421. The number of hydrogen-bond acceptors (Lipinski definition) is 1. The maximum absolute atomic E-state index is 3.44. The molecule has 1 nitrogen and oxygen atoms in total. The molecule has 1 N–H and O–H groups in total. The first kappa shape index (κ1) is 13.2. The summed E-state index contributed by atoms with van der Waals surface area (Å²) in [6, 6.07) is 10.8. The van der Waals surface area contributed by atoms with Gasteiger partial charge >= 0.3 is 0 Å². The smallest absolute Gasteiger partial charge is 0.000240 e. The Bertz CT molecular complexity index is 277. The molecule has 0 aromatic heterocycles. The van der Waals surface area contributed by atoms with Crippen molar-refractivity contribution in [3.8, 4) is 0 Å². The van der Waals surface area contributed by atoms with Crippen LogP contribution in [0, 0.1) is 5.41 Å². The summed E-state index contributed by atoms with van der Waals surface area (Å²) in [5.74, 6) is 0. The molecule has 0 aliphatic heterocycles. The predicted molar refractivity (Wildman–Crippen MR) is 71.7 cm³/mol. The van der Waals surface area contributed by atoms with Gasteiger partial charge in [0.1, 0.15) is 0 Å². The fourth-order valence-corrected chi connectivity index (χ4v) is 1.97. The minimum Gasteiger partial charge on any atom is -0.316 e. The fraction of sp³-hybridized carbons (Fsp3) is 0.600. The standard InChI is InChI=1S/C15H25N/c1-4-16-13-15(2,3)12-8-11-14-9-6-5-7-10-14/h5-7,9-10,16H,4,8,11-13H2,1-3H3. The molecule has 0 bridgehead atoms. The summed E-state index contributed by atoms with van der Waals surface area (Å²) in [5, 5.41) is 3.44. The van der Waals surface area contributed by atoms with Gasteiger partial charge in [-0.05, 0) is 36.8 Å². The van der Waals surface area contributed by atoms with Crippen molar-refractivity contribution in [2.24, 2.45) is 5.41 Å². The Morgan fingerprint density at radius 2 is 1.81 bits per heavy atom. The van der Waals surface area contributed by atoms with Gasteiger partial charge in [-0.2, -0.15) is 0 Å². The summed E-state index contributed by atoms with van der Waals surface area (Å²) in [4.78, 5) is 0. The minimum atomic E-state index is 0.421. The number of benzene rings is 1. The largest absolute Gasteiger partial charge is 0.316 e. The van der Waals surface area contributed by atoms with E-state index in [-0.39, 0.29) is 0 Å². The van der Waals surface area contributed by atoms with Gasteiger partial charge < -0.3 is 5.32 Å². The quantitative estimate of drug-likeness (QED) is 0.738. The first-order chi connectivity index (χ1) is 7.64. The van der Waals surface area contributed by atoms with Crippen LogP contribution in [0.2, 0.25) is 0 Å². The molecular formula is C15H25N. The van der Waals surface area contributed by atoms with Gasteiger partial charge in [0.25, 0.3) is 0 Å². The maximum atomic E-state index is 3.44. The highest BCUT2D eigenvalue weighted by molar-refractivity contribution is 5.14. The Morgan fingerprint density at radius 1 is 1.12 bits per heavy atom. The lowest BCUT2D eigenvalue weighted by molar-refractivity contribution is 0.309. The highest BCUT2D eigenvalue weighted by Crippen LogP contribution is 2.22. The SMILES string of the molecule is CCNCC(C)(C)CCCc1ccccc1. The second-order valence-electron chi connectivity index (χ2n) is 5.28. The zero-order valence-electron chi connectivity index (χ0n) is 10.9. The molecular weight excluding hydrogens is 194 g/mol. The number of nitrogens with one attached hydrogen (secondary N) is 1. The molecule has 16 heavy (non-hydrogen) atoms. The van der Waals surface area contributed by atoms with Crippen LogP contribution >= 0.6 is 0 Å². The van der Waals surface area contributed by atoms with Gasteiger partial charge in [-0.25, -0.2) is 0 Å². The molecule has 0 spiro atoms. The second-order valence-corrected chi connectivity index (χ2v) is 5.28. The van der Waals surface area contributed by atoms with Crippen LogP contribution in [0.3, 0.4) is 0 Å². The van der Waals surface area contributed by atoms with Crippen LogP contribution in [0.5, 0.6) is 0 Å². The summed E-state index contributed by atoms with van der Waals surface area (Å²) in [5.41, 5.74) is 1.88. The van der Waals surface area contributed by atoms with Crippen molar-refractivity contribution < 1.29 is 0 Å². The van der Waals surface area contributed by atoms with E-state index in [1.165, 1.54) is 24.8 Å². The van der Waals surface area contributed by atoms with Crippen molar-refractivity contribution in [2.45, 2.75) is 40.0 Å². The van der Waals surface area contributed by atoms with E-state index in [1.54, 1.807) is 0 Å². The fourth-order valence-electron chi connectivity index (χ4n) is 1.97. The molecule has 1 aromatic carbocycles. The Kier molecular flexibility index (Phi) is 5.54. The Labute approximate surface area is 100 Å². The van der Waals surface area contributed by atoms with Crippen LogP contribution < -0.4 is 5.32 Å². The number of aryl methyl sites for hydroxylation is 1. The second kappa shape index (κ2) is 6.70. The molecule has 90 valence electrons. The third kappa shape index (κ3) is 5.32. The van der Waals surface area contributed by atoms with Crippen molar-refractivity contribution in [1.82, 2.24) is 5.32 Å². The Hall–Kier alpha value is -0.820. The number of rotatable bonds is 7. The molecule has 1 aromatic rings. The van der Waals surface area contributed by atoms with Crippen molar-refractivity contribution >= 4 is 0 Å². The normalized spacial score (nSPS) is 11.7. The molecule has 0 aliphatic carbocycles. The lowest BCUT2D eigenvalue weighted by Gasteiger charge is -2.24. The van der Waals surface area contributed by atoms with Gasteiger partial charge in [0.15, 0.2) is 0 Å². The molecule has 0 amide bonds. The first-order valence-corrected chi connectivity index (χ1v) is 6.39. The van der Waals surface area contributed by atoms with Crippen molar-refractivity contribution in [2.75, 3.05) is 13.1 Å². The molecule has 1 rings (SSSR count). The van der Waals surface area contributed by atoms with E-state index in [0.717, 1.165) is 13.1 Å². The molecule has 0 fully saturated rings. The third-order valence-corrected chi connectivity index (χ3v) is 3.02. The average Bonchev–Trinajstić information content (AvgIpc) is 2.28. The molecule has 1 heteroatoms. The van der Waals surface area contributed by atoms with Crippen LogP contribution in [0.1, 0.15) is 39.2 Å². The van der Waals surface area contributed by atoms with Crippen LogP contribution in [0.25, 0.3) is 0 Å². The van der Waals surface area contributed by atoms with Gasteiger partial charge in [-0.3, -0.25) is 0 Å². The van der Waals surface area contributed by atoms with Gasteiger partial charge in [-0.15, -0.1) is 0 Å². The topological polar surface area (TPSA) is 12.0 Å². The lowest BCUT2D eigenvalue weighted by Crippen LogP contribution is -2.29. The van der Waals surface area contributed by atoms with E-state index in [0.29, 0.717) is 5.41 Å². The predicted octanol–water partition coefficient (Wildman–Crippen LogP) is 3.65. The van der Waals surface area contributed by atoms with E-state index < -0.39 is 0 Å². The Morgan fingerprint density at radius 3 is 2.44 bits per heavy atom. The zero-order chi connectivity index (χ0) is 11.9.